The van der Waals surface area contributed by atoms with Crippen LogP contribution < -0.4 is 11.1 Å². The summed E-state index contributed by atoms with van der Waals surface area (Å²) in [5.41, 5.74) is 7.94. The normalized spacial score (nSPS) is 10.1. The first-order valence-corrected chi connectivity index (χ1v) is 6.40. The van der Waals surface area contributed by atoms with E-state index in [-0.39, 0.29) is 5.91 Å². The molecule has 102 valence electrons. The second-order valence-electron chi connectivity index (χ2n) is 4.45. The van der Waals surface area contributed by atoms with Crippen LogP contribution in [0.2, 0.25) is 0 Å². The third kappa shape index (κ3) is 3.23. The maximum atomic E-state index is 12.1. The van der Waals surface area contributed by atoms with Crippen molar-refractivity contribution in [3.05, 3.63) is 65.2 Å². The lowest BCUT2D eigenvalue weighted by Gasteiger charge is -2.07. The lowest BCUT2D eigenvalue weighted by atomic mass is 10.1. The van der Waals surface area contributed by atoms with Gasteiger partial charge in [-0.15, -0.1) is 0 Å². The van der Waals surface area contributed by atoms with Crippen molar-refractivity contribution in [1.82, 2.24) is 0 Å². The van der Waals surface area contributed by atoms with Crippen molar-refractivity contribution in [2.45, 2.75) is 13.3 Å². The minimum Gasteiger partial charge on any atom is -0.366 e. The van der Waals surface area contributed by atoms with Crippen molar-refractivity contribution in [3.63, 3.8) is 0 Å². The third-order valence-electron chi connectivity index (χ3n) is 3.02. The summed E-state index contributed by atoms with van der Waals surface area (Å²) < 4.78 is 0. The minimum absolute atomic E-state index is 0.214. The van der Waals surface area contributed by atoms with E-state index in [4.69, 9.17) is 5.73 Å². The maximum Gasteiger partial charge on any atom is 0.255 e. The number of hydrogen-bond donors (Lipinski definition) is 2. The van der Waals surface area contributed by atoms with Crippen LogP contribution in [0.5, 0.6) is 0 Å². The van der Waals surface area contributed by atoms with Gasteiger partial charge in [0, 0.05) is 16.8 Å². The Morgan fingerprint density at radius 2 is 1.70 bits per heavy atom. The van der Waals surface area contributed by atoms with E-state index < -0.39 is 5.91 Å². The molecule has 0 unspecified atom stereocenters. The average Bonchev–Trinajstić information content (AvgIpc) is 2.47. The maximum absolute atomic E-state index is 12.1. The summed E-state index contributed by atoms with van der Waals surface area (Å²) in [5.74, 6) is -0.720. The largest absolute Gasteiger partial charge is 0.366 e. The van der Waals surface area contributed by atoms with Gasteiger partial charge < -0.3 is 11.1 Å². The fourth-order valence-electron chi connectivity index (χ4n) is 1.86. The number of benzene rings is 2. The Balaban J connectivity index is 2.13. The van der Waals surface area contributed by atoms with Crippen LogP contribution in [0.25, 0.3) is 0 Å². The Kier molecular flexibility index (Phi) is 4.15. The van der Waals surface area contributed by atoms with Gasteiger partial charge in [0.05, 0.1) is 0 Å². The number of hydrogen-bond acceptors (Lipinski definition) is 2. The van der Waals surface area contributed by atoms with Crippen LogP contribution in [0.1, 0.15) is 33.2 Å². The van der Waals surface area contributed by atoms with Gasteiger partial charge in [-0.1, -0.05) is 19.1 Å². The van der Waals surface area contributed by atoms with Gasteiger partial charge in [0.1, 0.15) is 0 Å². The summed E-state index contributed by atoms with van der Waals surface area (Å²) in [6.45, 7) is 2.06. The van der Waals surface area contributed by atoms with Crippen molar-refractivity contribution in [2.75, 3.05) is 5.32 Å². The lowest BCUT2D eigenvalue weighted by molar-refractivity contribution is 0.0995. The number of nitrogens with two attached hydrogens (primary N) is 1. The summed E-state index contributed by atoms with van der Waals surface area (Å²) >= 11 is 0. The number of amides is 2. The molecule has 0 saturated heterocycles. The van der Waals surface area contributed by atoms with Gasteiger partial charge in [0.2, 0.25) is 5.91 Å². The zero-order valence-electron chi connectivity index (χ0n) is 11.2. The molecule has 4 heteroatoms. The molecule has 0 radical (unpaired) electrons. The Hall–Kier alpha value is -2.62. The topological polar surface area (TPSA) is 72.2 Å². The summed E-state index contributed by atoms with van der Waals surface area (Å²) in [5, 5.41) is 2.83. The van der Waals surface area contributed by atoms with Gasteiger partial charge in [-0.3, -0.25) is 9.59 Å². The van der Waals surface area contributed by atoms with Crippen LogP contribution in [-0.2, 0) is 6.42 Å². The van der Waals surface area contributed by atoms with Gasteiger partial charge in [-0.2, -0.15) is 0 Å². The molecule has 20 heavy (non-hydrogen) atoms. The van der Waals surface area contributed by atoms with E-state index in [9.17, 15) is 9.59 Å². The van der Waals surface area contributed by atoms with Crippen molar-refractivity contribution in [3.8, 4) is 0 Å². The Bertz CT molecular complexity index is 633. The molecule has 2 aromatic carbocycles. The number of carbonyl (C=O) groups excluding carboxylic acids is 2. The monoisotopic (exact) mass is 268 g/mol. The molecule has 4 nitrogen and oxygen atoms in total. The Labute approximate surface area is 117 Å². The fourth-order valence-corrected chi connectivity index (χ4v) is 1.86. The lowest BCUT2D eigenvalue weighted by Crippen LogP contribution is -2.14. The molecular formula is C16H16N2O2. The quantitative estimate of drug-likeness (QED) is 0.894. The van der Waals surface area contributed by atoms with Crippen LogP contribution in [0.3, 0.4) is 0 Å². The summed E-state index contributed by atoms with van der Waals surface area (Å²) in [4.78, 5) is 23.0. The van der Waals surface area contributed by atoms with E-state index in [0.29, 0.717) is 11.1 Å². The first kappa shape index (κ1) is 13.8. The highest BCUT2D eigenvalue weighted by atomic mass is 16.2. The van der Waals surface area contributed by atoms with E-state index >= 15 is 0 Å². The van der Waals surface area contributed by atoms with Crippen LogP contribution >= 0.6 is 0 Å². The molecule has 0 bridgehead atoms. The highest BCUT2D eigenvalue weighted by Gasteiger charge is 2.07. The highest BCUT2D eigenvalue weighted by Crippen LogP contribution is 2.13. The van der Waals surface area contributed by atoms with Crippen LogP contribution in [-0.4, -0.2) is 11.8 Å². The third-order valence-corrected chi connectivity index (χ3v) is 3.02. The van der Waals surface area contributed by atoms with E-state index in [1.54, 1.807) is 24.3 Å². The van der Waals surface area contributed by atoms with E-state index in [2.05, 4.69) is 12.2 Å². The second-order valence-corrected chi connectivity index (χ2v) is 4.45. The molecule has 0 aliphatic heterocycles. The first-order chi connectivity index (χ1) is 9.60. The van der Waals surface area contributed by atoms with Gasteiger partial charge >= 0.3 is 0 Å². The molecular weight excluding hydrogens is 252 g/mol. The SMILES string of the molecule is CCc1cccc(NC(=O)c2ccc(C(N)=O)cc2)c1. The number of carbonyl (C=O) groups is 2. The smallest absolute Gasteiger partial charge is 0.255 e. The van der Waals surface area contributed by atoms with Crippen molar-refractivity contribution >= 4 is 17.5 Å². The fraction of sp³-hybridized carbons (Fsp3) is 0.125. The molecule has 0 aliphatic rings. The molecule has 0 atom stereocenters. The predicted molar refractivity (Wildman–Crippen MR) is 78.7 cm³/mol. The Morgan fingerprint density at radius 3 is 2.30 bits per heavy atom. The molecule has 2 aromatic rings. The van der Waals surface area contributed by atoms with Gasteiger partial charge in [-0.05, 0) is 48.4 Å². The number of primary amides is 1. The molecule has 0 spiro atoms. The van der Waals surface area contributed by atoms with Crippen molar-refractivity contribution in [1.29, 1.82) is 0 Å². The van der Waals surface area contributed by atoms with Gasteiger partial charge in [0.25, 0.3) is 5.91 Å². The summed E-state index contributed by atoms with van der Waals surface area (Å²) in [6.07, 6.45) is 0.914. The average molecular weight is 268 g/mol. The van der Waals surface area contributed by atoms with Crippen molar-refractivity contribution < 1.29 is 9.59 Å². The first-order valence-electron chi connectivity index (χ1n) is 6.40. The van der Waals surface area contributed by atoms with Crippen LogP contribution in [0.15, 0.2) is 48.5 Å². The summed E-state index contributed by atoms with van der Waals surface area (Å²) in [7, 11) is 0. The molecule has 2 amide bonds. The standard InChI is InChI=1S/C16H16N2O2/c1-2-11-4-3-5-14(10-11)18-16(20)13-8-6-12(7-9-13)15(17)19/h3-10H,2H2,1H3,(H2,17,19)(H,18,20). The predicted octanol–water partition coefficient (Wildman–Crippen LogP) is 2.60. The number of anilines is 1. The highest BCUT2D eigenvalue weighted by molar-refractivity contribution is 6.05. The van der Waals surface area contributed by atoms with Crippen LogP contribution in [0, 0.1) is 0 Å². The molecule has 3 N–H and O–H groups in total. The summed E-state index contributed by atoms with van der Waals surface area (Å²) in [6, 6.07) is 13.9. The molecule has 0 fully saturated rings. The zero-order chi connectivity index (χ0) is 14.5. The molecule has 2 rings (SSSR count). The second kappa shape index (κ2) is 6.02. The van der Waals surface area contributed by atoms with E-state index in [0.717, 1.165) is 17.7 Å². The molecule has 0 aliphatic carbocycles. The minimum atomic E-state index is -0.507. The van der Waals surface area contributed by atoms with Crippen LogP contribution in [0.4, 0.5) is 5.69 Å². The number of nitrogens with one attached hydrogen (secondary N) is 1. The molecule has 0 saturated carbocycles. The van der Waals surface area contributed by atoms with E-state index in [1.807, 2.05) is 24.3 Å². The zero-order valence-corrected chi connectivity index (χ0v) is 11.2. The van der Waals surface area contributed by atoms with E-state index in [1.165, 1.54) is 0 Å². The number of aryl methyl sites for hydroxylation is 1. The molecule has 0 heterocycles. The van der Waals surface area contributed by atoms with Gasteiger partial charge in [0.15, 0.2) is 0 Å². The number of rotatable bonds is 4. The molecule has 0 aromatic heterocycles. The Morgan fingerprint density at radius 1 is 1.05 bits per heavy atom. The van der Waals surface area contributed by atoms with Gasteiger partial charge in [-0.25, -0.2) is 0 Å². The van der Waals surface area contributed by atoms with Crippen molar-refractivity contribution in [2.24, 2.45) is 5.73 Å².